The fourth-order valence-corrected chi connectivity index (χ4v) is 3.75. The van der Waals surface area contributed by atoms with E-state index >= 15 is 0 Å². The van der Waals surface area contributed by atoms with Gasteiger partial charge in [-0.3, -0.25) is 9.59 Å². The number of carbonyl (C=O) groups is 2. The number of benzene rings is 2. The molecule has 2 aromatic rings. The van der Waals surface area contributed by atoms with Crippen molar-refractivity contribution in [2.75, 3.05) is 11.9 Å². The first kappa shape index (κ1) is 26.6. The van der Waals surface area contributed by atoms with Gasteiger partial charge in [-0.25, -0.2) is 0 Å². The summed E-state index contributed by atoms with van der Waals surface area (Å²) in [5.74, 6) is -0.995. The predicted molar refractivity (Wildman–Crippen MR) is 146 cm³/mol. The molecule has 9 N–H and O–H groups in total. The Labute approximate surface area is 214 Å². The molecular weight excluding hydrogens is 472 g/mol. The maximum atomic E-state index is 13.4. The zero-order valence-corrected chi connectivity index (χ0v) is 20.7. The van der Waals surface area contributed by atoms with Gasteiger partial charge in [0.25, 0.3) is 11.8 Å². The van der Waals surface area contributed by atoms with E-state index < -0.39 is 6.04 Å². The lowest BCUT2D eigenvalue weighted by molar-refractivity contribution is -0.118. The first-order chi connectivity index (χ1) is 17.6. The lowest BCUT2D eigenvalue weighted by Gasteiger charge is -2.25. The zero-order valence-electron chi connectivity index (χ0n) is 20.7. The summed E-state index contributed by atoms with van der Waals surface area (Å²) in [6.45, 7) is 7.86. The van der Waals surface area contributed by atoms with Gasteiger partial charge in [0.2, 0.25) is 11.9 Å². The molecule has 0 bridgehead atoms. The summed E-state index contributed by atoms with van der Waals surface area (Å²) < 4.78 is 0. The van der Waals surface area contributed by atoms with E-state index in [0.717, 1.165) is 5.56 Å². The highest BCUT2D eigenvalue weighted by Crippen LogP contribution is 2.26. The van der Waals surface area contributed by atoms with Crippen molar-refractivity contribution < 1.29 is 9.59 Å². The SMILES string of the molecule is C=C1CCN(C(=O)c2cccc(/C(C)=N/N=C(N)N)c2)[C@@H]1C(=O)Nc1cccc(/C(C)=N/N=C(N)N)c1. The average molecular weight is 503 g/mol. The summed E-state index contributed by atoms with van der Waals surface area (Å²) in [5, 5.41) is 18.1. The number of rotatable bonds is 7. The highest BCUT2D eigenvalue weighted by molar-refractivity contribution is 6.06. The number of nitrogens with two attached hydrogens (primary N) is 4. The van der Waals surface area contributed by atoms with Crippen molar-refractivity contribution in [3.05, 3.63) is 77.4 Å². The minimum atomic E-state index is -0.826. The third-order valence-corrected chi connectivity index (χ3v) is 5.59. The second-order valence-corrected chi connectivity index (χ2v) is 8.38. The van der Waals surface area contributed by atoms with E-state index in [2.05, 4.69) is 32.3 Å². The predicted octanol–water partition coefficient (Wildman–Crippen LogP) is 1.09. The molecule has 1 aliphatic rings. The molecule has 1 aliphatic heterocycles. The molecule has 1 saturated heterocycles. The van der Waals surface area contributed by atoms with Crippen molar-refractivity contribution in [3.8, 4) is 0 Å². The van der Waals surface area contributed by atoms with Crippen LogP contribution < -0.4 is 28.3 Å². The first-order valence-electron chi connectivity index (χ1n) is 11.3. The van der Waals surface area contributed by atoms with Gasteiger partial charge in [0.15, 0.2) is 0 Å². The molecule has 0 saturated carbocycles. The van der Waals surface area contributed by atoms with Crippen LogP contribution in [0.3, 0.4) is 0 Å². The molecule has 1 atom stereocenters. The van der Waals surface area contributed by atoms with Crippen LogP contribution in [0.25, 0.3) is 0 Å². The monoisotopic (exact) mass is 502 g/mol. The summed E-state index contributed by atoms with van der Waals surface area (Å²) in [5.41, 5.74) is 25.4. The Morgan fingerprint density at radius 2 is 1.41 bits per heavy atom. The molecule has 2 aromatic carbocycles. The molecule has 37 heavy (non-hydrogen) atoms. The number of hydrogen-bond donors (Lipinski definition) is 5. The lowest BCUT2D eigenvalue weighted by atomic mass is 10.1. The second kappa shape index (κ2) is 11.6. The van der Waals surface area contributed by atoms with E-state index in [1.807, 2.05) is 6.07 Å². The van der Waals surface area contributed by atoms with Gasteiger partial charge >= 0.3 is 0 Å². The van der Waals surface area contributed by atoms with E-state index in [0.29, 0.717) is 46.8 Å². The van der Waals surface area contributed by atoms with Crippen molar-refractivity contribution >= 4 is 40.8 Å². The molecule has 12 nitrogen and oxygen atoms in total. The number of carbonyl (C=O) groups excluding carboxylic acids is 2. The zero-order chi connectivity index (χ0) is 27.1. The Kier molecular flexibility index (Phi) is 8.35. The number of hydrogen-bond acceptors (Lipinski definition) is 6. The minimum Gasteiger partial charge on any atom is -0.369 e. The summed E-state index contributed by atoms with van der Waals surface area (Å²) >= 11 is 0. The van der Waals surface area contributed by atoms with Gasteiger partial charge in [-0.15, -0.1) is 10.2 Å². The number of nitrogens with zero attached hydrogens (tertiary/aromatic N) is 5. The maximum Gasteiger partial charge on any atom is 0.254 e. The van der Waals surface area contributed by atoms with Crippen molar-refractivity contribution in [3.63, 3.8) is 0 Å². The van der Waals surface area contributed by atoms with Crippen LogP contribution in [0.15, 0.2) is 81.1 Å². The molecule has 3 rings (SSSR count). The molecular formula is C25H30N10O2. The fourth-order valence-electron chi connectivity index (χ4n) is 3.75. The molecule has 0 unspecified atom stereocenters. The van der Waals surface area contributed by atoms with Gasteiger partial charge in [0.05, 0.1) is 11.4 Å². The molecule has 192 valence electrons. The highest BCUT2D eigenvalue weighted by atomic mass is 16.2. The van der Waals surface area contributed by atoms with Gasteiger partial charge in [-0.05, 0) is 61.2 Å². The van der Waals surface area contributed by atoms with Gasteiger partial charge in [0.1, 0.15) is 6.04 Å². The number of anilines is 1. The van der Waals surface area contributed by atoms with Crippen LogP contribution in [-0.2, 0) is 4.79 Å². The number of nitrogens with one attached hydrogen (secondary N) is 1. The van der Waals surface area contributed by atoms with Crippen molar-refractivity contribution in [2.45, 2.75) is 26.3 Å². The molecule has 0 aromatic heterocycles. The molecule has 1 heterocycles. The molecule has 0 radical (unpaired) electrons. The Balaban J connectivity index is 1.81. The summed E-state index contributed by atoms with van der Waals surface area (Å²) in [6, 6.07) is 13.1. The first-order valence-corrected chi connectivity index (χ1v) is 11.3. The molecule has 1 fully saturated rings. The van der Waals surface area contributed by atoms with Crippen LogP contribution in [0.1, 0.15) is 41.8 Å². The lowest BCUT2D eigenvalue weighted by Crippen LogP contribution is -2.43. The van der Waals surface area contributed by atoms with E-state index in [1.165, 1.54) is 4.90 Å². The van der Waals surface area contributed by atoms with Crippen LogP contribution in [0, 0.1) is 0 Å². The van der Waals surface area contributed by atoms with Crippen molar-refractivity contribution in [2.24, 2.45) is 43.3 Å². The Morgan fingerprint density at radius 1 is 0.865 bits per heavy atom. The molecule has 12 heteroatoms. The summed E-state index contributed by atoms with van der Waals surface area (Å²) in [6.07, 6.45) is 0.513. The van der Waals surface area contributed by atoms with Gasteiger partial charge in [-0.1, -0.05) is 30.8 Å². The van der Waals surface area contributed by atoms with Crippen molar-refractivity contribution in [1.82, 2.24) is 4.90 Å². The Morgan fingerprint density at radius 3 is 2.00 bits per heavy atom. The number of guanidine groups is 2. The summed E-state index contributed by atoms with van der Waals surface area (Å²) in [4.78, 5) is 28.2. The molecule has 2 amide bonds. The third kappa shape index (κ3) is 6.78. The topological polar surface area (TPSA) is 203 Å². The van der Waals surface area contributed by atoms with E-state index in [9.17, 15) is 9.59 Å². The van der Waals surface area contributed by atoms with Crippen LogP contribution in [0.2, 0.25) is 0 Å². The Bertz CT molecular complexity index is 1330. The minimum absolute atomic E-state index is 0.157. The standard InChI is InChI=1S/C25H30N10O2/c1-14-10-11-35(23(37)19-8-4-6-17(12-19)15(2)31-33-24(26)27)21(14)22(36)30-20-9-5-7-18(13-20)16(3)32-34-25(28)29/h4-9,12-13,21H,1,10-11H2,2-3H3,(H,30,36)(H4,26,27,33)(H4,28,29,34)/b31-15+,32-16+/t21-/m0/s1. The average Bonchev–Trinajstić information content (AvgIpc) is 3.26. The smallest absolute Gasteiger partial charge is 0.254 e. The molecule has 0 aliphatic carbocycles. The summed E-state index contributed by atoms with van der Waals surface area (Å²) in [7, 11) is 0. The van der Waals surface area contributed by atoms with E-state index in [-0.39, 0.29) is 23.7 Å². The number of amides is 2. The van der Waals surface area contributed by atoms with E-state index in [4.69, 9.17) is 22.9 Å². The number of likely N-dealkylation sites (tertiary alicyclic amines) is 1. The molecule has 0 spiro atoms. The third-order valence-electron chi connectivity index (χ3n) is 5.59. The van der Waals surface area contributed by atoms with E-state index in [1.54, 1.807) is 56.3 Å². The second-order valence-electron chi connectivity index (χ2n) is 8.38. The normalized spacial score (nSPS) is 15.8. The highest BCUT2D eigenvalue weighted by Gasteiger charge is 2.37. The Hall–Kier alpha value is -5.00. The van der Waals surface area contributed by atoms with Crippen LogP contribution in [0.4, 0.5) is 5.69 Å². The van der Waals surface area contributed by atoms with Crippen molar-refractivity contribution in [1.29, 1.82) is 0 Å². The van der Waals surface area contributed by atoms with Crippen LogP contribution in [0.5, 0.6) is 0 Å². The van der Waals surface area contributed by atoms with Gasteiger partial charge < -0.3 is 33.2 Å². The van der Waals surface area contributed by atoms with Gasteiger partial charge in [0, 0.05) is 17.8 Å². The fraction of sp³-hybridized carbons (Fsp3) is 0.200. The largest absolute Gasteiger partial charge is 0.369 e. The van der Waals surface area contributed by atoms with Crippen LogP contribution >= 0.6 is 0 Å². The van der Waals surface area contributed by atoms with Crippen LogP contribution in [-0.4, -0.2) is 52.6 Å². The van der Waals surface area contributed by atoms with Gasteiger partial charge in [-0.2, -0.15) is 10.2 Å². The quantitative estimate of drug-likeness (QED) is 0.162. The maximum absolute atomic E-state index is 13.4.